The zero-order valence-corrected chi connectivity index (χ0v) is 19.2. The molecule has 1 aliphatic carbocycles. The van der Waals surface area contributed by atoms with E-state index in [1.54, 1.807) is 11.3 Å². The zero-order chi connectivity index (χ0) is 21.1. The van der Waals surface area contributed by atoms with Gasteiger partial charge in [0, 0.05) is 56.1 Å². The maximum atomic E-state index is 13.2. The summed E-state index contributed by atoms with van der Waals surface area (Å²) in [4.78, 5) is 34.7. The number of hydrogen-bond acceptors (Lipinski definition) is 5. The molecule has 0 saturated carbocycles. The number of morpholine rings is 1. The summed E-state index contributed by atoms with van der Waals surface area (Å²) in [6.07, 6.45) is 4.97. The van der Waals surface area contributed by atoms with Gasteiger partial charge in [0.25, 0.3) is 5.91 Å². The fraction of sp³-hybridized carbons (Fsp3) is 0.739. The molecule has 2 fully saturated rings. The number of thiophene rings is 1. The van der Waals surface area contributed by atoms with Crippen LogP contribution in [0.25, 0.3) is 0 Å². The van der Waals surface area contributed by atoms with Crippen LogP contribution in [0.3, 0.4) is 0 Å². The van der Waals surface area contributed by atoms with Crippen molar-refractivity contribution >= 4 is 23.2 Å². The van der Waals surface area contributed by atoms with Crippen molar-refractivity contribution in [2.24, 2.45) is 5.92 Å². The van der Waals surface area contributed by atoms with Crippen molar-refractivity contribution in [3.05, 3.63) is 21.4 Å². The number of nitrogens with zero attached hydrogens (tertiary/aromatic N) is 3. The maximum Gasteiger partial charge on any atom is 0.264 e. The van der Waals surface area contributed by atoms with Crippen LogP contribution in [-0.2, 0) is 22.4 Å². The van der Waals surface area contributed by atoms with Gasteiger partial charge in [-0.05, 0) is 43.7 Å². The lowest BCUT2D eigenvalue weighted by Gasteiger charge is -2.40. The number of carbonyl (C=O) groups excluding carboxylic acids is 2. The summed E-state index contributed by atoms with van der Waals surface area (Å²) >= 11 is 1.63. The Bertz CT molecular complexity index is 747. The van der Waals surface area contributed by atoms with Crippen LogP contribution in [-0.4, -0.2) is 85.0 Å². The number of piperazine rings is 1. The number of amides is 2. The second-order valence-corrected chi connectivity index (χ2v) is 9.87. The van der Waals surface area contributed by atoms with E-state index in [-0.39, 0.29) is 11.8 Å². The molecule has 0 aromatic carbocycles. The Morgan fingerprint density at radius 1 is 1.07 bits per heavy atom. The molecule has 30 heavy (non-hydrogen) atoms. The van der Waals surface area contributed by atoms with E-state index in [0.29, 0.717) is 38.3 Å². The lowest BCUT2D eigenvalue weighted by Crippen LogP contribution is -2.53. The minimum Gasteiger partial charge on any atom is -0.378 e. The summed E-state index contributed by atoms with van der Waals surface area (Å²) in [5.74, 6) is 0.508. The van der Waals surface area contributed by atoms with E-state index in [1.165, 1.54) is 23.3 Å². The Morgan fingerprint density at radius 3 is 2.43 bits per heavy atom. The average molecular weight is 434 g/mol. The number of carbonyl (C=O) groups is 2. The maximum absolute atomic E-state index is 13.2. The van der Waals surface area contributed by atoms with Gasteiger partial charge in [-0.2, -0.15) is 0 Å². The van der Waals surface area contributed by atoms with E-state index in [1.807, 2.05) is 4.90 Å². The second kappa shape index (κ2) is 9.79. The minimum atomic E-state index is 0.0677. The van der Waals surface area contributed by atoms with E-state index in [9.17, 15) is 9.59 Å². The Morgan fingerprint density at radius 2 is 1.77 bits per heavy atom. The van der Waals surface area contributed by atoms with Crippen LogP contribution < -0.4 is 0 Å². The molecule has 1 atom stereocenters. The lowest BCUT2D eigenvalue weighted by molar-refractivity contribution is -0.138. The van der Waals surface area contributed by atoms with E-state index in [2.05, 4.69) is 29.7 Å². The van der Waals surface area contributed by atoms with Crippen molar-refractivity contribution in [1.82, 2.24) is 14.7 Å². The number of rotatable bonds is 5. The SMILES string of the molecule is CCC(CC)N1CCN(C(=O)[C@@H]2CCc3sc(C(=O)N4CCOCC4)cc3C2)CC1. The van der Waals surface area contributed by atoms with Gasteiger partial charge in [0.15, 0.2) is 0 Å². The molecule has 2 aliphatic heterocycles. The average Bonchev–Trinajstić information content (AvgIpc) is 3.23. The molecule has 0 N–H and O–H groups in total. The topological polar surface area (TPSA) is 53.1 Å². The van der Waals surface area contributed by atoms with Gasteiger partial charge in [-0.25, -0.2) is 0 Å². The first-order valence-corrected chi connectivity index (χ1v) is 12.4. The van der Waals surface area contributed by atoms with Gasteiger partial charge in [-0.15, -0.1) is 11.3 Å². The lowest BCUT2D eigenvalue weighted by atomic mass is 9.87. The fourth-order valence-corrected chi connectivity index (χ4v) is 6.31. The van der Waals surface area contributed by atoms with Crippen molar-refractivity contribution in [1.29, 1.82) is 0 Å². The Balaban J connectivity index is 1.34. The van der Waals surface area contributed by atoms with Gasteiger partial charge < -0.3 is 14.5 Å². The van der Waals surface area contributed by atoms with Crippen molar-refractivity contribution in [2.75, 3.05) is 52.5 Å². The van der Waals surface area contributed by atoms with Crippen LogP contribution in [0, 0.1) is 5.92 Å². The number of aryl methyl sites for hydroxylation is 1. The molecule has 0 unspecified atom stereocenters. The van der Waals surface area contributed by atoms with E-state index in [0.717, 1.165) is 50.3 Å². The predicted molar refractivity (Wildman–Crippen MR) is 119 cm³/mol. The quantitative estimate of drug-likeness (QED) is 0.716. The first-order valence-electron chi connectivity index (χ1n) is 11.6. The van der Waals surface area contributed by atoms with Crippen LogP contribution in [0.15, 0.2) is 6.07 Å². The smallest absolute Gasteiger partial charge is 0.264 e. The van der Waals surface area contributed by atoms with Crippen LogP contribution in [0.5, 0.6) is 0 Å². The highest BCUT2D eigenvalue weighted by atomic mass is 32.1. The number of fused-ring (bicyclic) bond motifs is 1. The van der Waals surface area contributed by atoms with E-state index in [4.69, 9.17) is 4.74 Å². The number of ether oxygens (including phenoxy) is 1. The highest BCUT2D eigenvalue weighted by molar-refractivity contribution is 7.14. The first-order chi connectivity index (χ1) is 14.6. The zero-order valence-electron chi connectivity index (χ0n) is 18.4. The second-order valence-electron chi connectivity index (χ2n) is 8.73. The molecule has 0 bridgehead atoms. The molecule has 2 saturated heterocycles. The normalized spacial score (nSPS) is 23.0. The third kappa shape index (κ3) is 4.58. The molecule has 1 aromatic rings. The third-order valence-electron chi connectivity index (χ3n) is 7.03. The Hall–Kier alpha value is -1.44. The molecule has 3 heterocycles. The molecule has 4 rings (SSSR count). The molecule has 0 spiro atoms. The van der Waals surface area contributed by atoms with Gasteiger partial charge in [0.1, 0.15) is 0 Å². The summed E-state index contributed by atoms with van der Waals surface area (Å²) in [5, 5.41) is 0. The Kier molecular flexibility index (Phi) is 7.11. The molecule has 7 heteroatoms. The van der Waals surface area contributed by atoms with Crippen LogP contribution in [0.2, 0.25) is 0 Å². The van der Waals surface area contributed by atoms with Crippen molar-refractivity contribution in [3.8, 4) is 0 Å². The summed E-state index contributed by atoms with van der Waals surface area (Å²) < 4.78 is 5.36. The van der Waals surface area contributed by atoms with E-state index >= 15 is 0 Å². The molecule has 0 radical (unpaired) electrons. The van der Waals surface area contributed by atoms with Crippen molar-refractivity contribution < 1.29 is 14.3 Å². The predicted octanol–water partition coefficient (Wildman–Crippen LogP) is 2.66. The van der Waals surface area contributed by atoms with Gasteiger partial charge in [0.2, 0.25) is 5.91 Å². The molecular weight excluding hydrogens is 398 g/mol. The van der Waals surface area contributed by atoms with Gasteiger partial charge in [0.05, 0.1) is 18.1 Å². The largest absolute Gasteiger partial charge is 0.378 e. The minimum absolute atomic E-state index is 0.0677. The standard InChI is InChI=1S/C23H35N3O3S/c1-3-19(4-2)24-7-9-25(10-8-24)22(27)17-5-6-20-18(15-17)16-21(30-20)23(28)26-11-13-29-14-12-26/h16-17,19H,3-15H2,1-2H3/t17-/m1/s1. The summed E-state index contributed by atoms with van der Waals surface area (Å²) in [7, 11) is 0. The molecule has 1 aromatic heterocycles. The van der Waals surface area contributed by atoms with Crippen LogP contribution in [0.4, 0.5) is 0 Å². The highest BCUT2D eigenvalue weighted by Gasteiger charge is 2.33. The monoisotopic (exact) mass is 433 g/mol. The van der Waals surface area contributed by atoms with Gasteiger partial charge in [-0.1, -0.05) is 13.8 Å². The molecule has 2 amide bonds. The first kappa shape index (κ1) is 21.8. The van der Waals surface area contributed by atoms with Crippen LogP contribution >= 0.6 is 11.3 Å². The summed E-state index contributed by atoms with van der Waals surface area (Å²) in [5.41, 5.74) is 1.22. The number of hydrogen-bond donors (Lipinski definition) is 0. The Labute approximate surface area is 184 Å². The molecular formula is C23H35N3O3S. The van der Waals surface area contributed by atoms with Crippen LogP contribution in [0.1, 0.15) is 53.2 Å². The molecule has 166 valence electrons. The highest BCUT2D eigenvalue weighted by Crippen LogP contribution is 2.34. The summed E-state index contributed by atoms with van der Waals surface area (Å²) in [6, 6.07) is 2.70. The van der Waals surface area contributed by atoms with Crippen molar-refractivity contribution in [2.45, 2.75) is 52.0 Å². The van der Waals surface area contributed by atoms with E-state index < -0.39 is 0 Å². The fourth-order valence-electron chi connectivity index (χ4n) is 5.13. The van der Waals surface area contributed by atoms with Gasteiger partial charge in [-0.3, -0.25) is 14.5 Å². The molecule has 3 aliphatic rings. The molecule has 6 nitrogen and oxygen atoms in total. The van der Waals surface area contributed by atoms with Gasteiger partial charge >= 0.3 is 0 Å². The third-order valence-corrected chi connectivity index (χ3v) is 8.25. The summed E-state index contributed by atoms with van der Waals surface area (Å²) in [6.45, 7) is 10.8. The van der Waals surface area contributed by atoms with Crippen molar-refractivity contribution in [3.63, 3.8) is 0 Å².